The average Bonchev–Trinajstić information content (AvgIpc) is 2.75. The third kappa shape index (κ3) is 8.46. The van der Waals surface area contributed by atoms with Crippen LogP contribution in [-0.2, 0) is 9.47 Å². The minimum atomic E-state index is -0.689. The van der Waals surface area contributed by atoms with Crippen molar-refractivity contribution in [3.05, 3.63) is 35.2 Å². The summed E-state index contributed by atoms with van der Waals surface area (Å²) in [5, 5.41) is 0. The number of likely N-dealkylation sites (tertiary alicyclic amines) is 1. The van der Waals surface area contributed by atoms with Crippen molar-refractivity contribution >= 4 is 23.7 Å². The third-order valence-corrected chi connectivity index (χ3v) is 5.34. The van der Waals surface area contributed by atoms with Crippen LogP contribution >= 0.6 is 0 Å². The van der Waals surface area contributed by atoms with E-state index in [0.29, 0.717) is 49.5 Å². The van der Waals surface area contributed by atoms with Crippen molar-refractivity contribution in [3.8, 4) is 5.75 Å². The van der Waals surface area contributed by atoms with Gasteiger partial charge in [-0.2, -0.15) is 0 Å². The number of nitrogens with zero attached hydrogens (tertiary/aromatic N) is 3. The number of ketones is 1. The number of benzene rings is 1. The molecule has 1 fully saturated rings. The smallest absolute Gasteiger partial charge is 0.414 e. The van der Waals surface area contributed by atoms with E-state index < -0.39 is 17.3 Å². The molecular formula is C26H37N3O6. The third-order valence-electron chi connectivity index (χ3n) is 5.34. The number of amides is 2. The summed E-state index contributed by atoms with van der Waals surface area (Å²) >= 11 is 0. The van der Waals surface area contributed by atoms with Gasteiger partial charge < -0.3 is 24.0 Å². The SMILES string of the molecule is [C-]#[N+]CC(=O)c1ccc(N(CC2CCN(C(=O)OC(C)(C)C)CC2)C(=O)OC(C)(C)C)cc1OC. The molecule has 1 aromatic carbocycles. The highest BCUT2D eigenvalue weighted by Gasteiger charge is 2.31. The summed E-state index contributed by atoms with van der Waals surface area (Å²) in [7, 11) is 1.44. The Balaban J connectivity index is 2.22. The van der Waals surface area contributed by atoms with Crippen molar-refractivity contribution in [2.45, 2.75) is 65.6 Å². The number of methoxy groups -OCH3 is 1. The van der Waals surface area contributed by atoms with E-state index in [1.807, 2.05) is 20.8 Å². The van der Waals surface area contributed by atoms with E-state index in [4.69, 9.17) is 20.8 Å². The highest BCUT2D eigenvalue weighted by Crippen LogP contribution is 2.30. The van der Waals surface area contributed by atoms with Gasteiger partial charge in [-0.3, -0.25) is 9.69 Å². The van der Waals surface area contributed by atoms with Crippen LogP contribution < -0.4 is 9.64 Å². The zero-order chi connectivity index (χ0) is 26.4. The summed E-state index contributed by atoms with van der Waals surface area (Å²) in [5.41, 5.74) is -0.416. The van der Waals surface area contributed by atoms with E-state index >= 15 is 0 Å². The normalized spacial score (nSPS) is 14.6. The van der Waals surface area contributed by atoms with Gasteiger partial charge in [-0.15, -0.1) is 0 Å². The lowest BCUT2D eigenvalue weighted by Crippen LogP contribution is -2.45. The quantitative estimate of drug-likeness (QED) is 0.405. The van der Waals surface area contributed by atoms with E-state index in [0.717, 1.165) is 0 Å². The first-order valence-corrected chi connectivity index (χ1v) is 11.8. The van der Waals surface area contributed by atoms with Gasteiger partial charge in [-0.05, 0) is 72.4 Å². The fourth-order valence-electron chi connectivity index (χ4n) is 3.72. The second-order valence-electron chi connectivity index (χ2n) is 10.6. The lowest BCUT2D eigenvalue weighted by molar-refractivity contribution is 0.0182. The van der Waals surface area contributed by atoms with Crippen LogP contribution in [0.1, 0.15) is 64.7 Å². The van der Waals surface area contributed by atoms with Gasteiger partial charge in [-0.25, -0.2) is 16.2 Å². The molecule has 1 aliphatic heterocycles. The maximum atomic E-state index is 13.2. The first-order valence-electron chi connectivity index (χ1n) is 11.8. The Morgan fingerprint density at radius 2 is 1.66 bits per heavy atom. The average molecular weight is 488 g/mol. The summed E-state index contributed by atoms with van der Waals surface area (Å²) in [6, 6.07) is 4.86. The maximum absolute atomic E-state index is 13.2. The van der Waals surface area contributed by atoms with Gasteiger partial charge in [0.25, 0.3) is 6.54 Å². The number of anilines is 1. The number of rotatable bonds is 6. The minimum Gasteiger partial charge on any atom is -0.496 e. The monoisotopic (exact) mass is 487 g/mol. The Kier molecular flexibility index (Phi) is 9.13. The summed E-state index contributed by atoms with van der Waals surface area (Å²) in [6.45, 7) is 19.0. The molecule has 0 bridgehead atoms. The zero-order valence-electron chi connectivity index (χ0n) is 21.8. The van der Waals surface area contributed by atoms with Gasteiger partial charge in [0.1, 0.15) is 17.0 Å². The molecule has 2 rings (SSSR count). The molecule has 1 aromatic rings. The minimum absolute atomic E-state index is 0.135. The molecule has 1 heterocycles. The highest BCUT2D eigenvalue weighted by molar-refractivity contribution is 6.02. The van der Waals surface area contributed by atoms with Crippen LogP contribution in [0.2, 0.25) is 0 Å². The van der Waals surface area contributed by atoms with E-state index in [9.17, 15) is 14.4 Å². The lowest BCUT2D eigenvalue weighted by Gasteiger charge is -2.36. The molecule has 0 atom stereocenters. The van der Waals surface area contributed by atoms with Crippen molar-refractivity contribution < 1.29 is 28.6 Å². The molecule has 0 aliphatic carbocycles. The summed E-state index contributed by atoms with van der Waals surface area (Å²) in [4.78, 5) is 44.2. The van der Waals surface area contributed by atoms with Crippen LogP contribution in [0, 0.1) is 12.5 Å². The van der Waals surface area contributed by atoms with Crippen LogP contribution in [0.25, 0.3) is 4.85 Å². The highest BCUT2D eigenvalue weighted by atomic mass is 16.6. The van der Waals surface area contributed by atoms with Crippen LogP contribution in [0.15, 0.2) is 18.2 Å². The van der Waals surface area contributed by atoms with Crippen LogP contribution in [0.4, 0.5) is 15.3 Å². The summed E-state index contributed by atoms with van der Waals surface area (Å²) < 4.78 is 16.5. The Morgan fingerprint density at radius 1 is 1.06 bits per heavy atom. The molecule has 1 aliphatic rings. The molecule has 1 saturated heterocycles. The second kappa shape index (κ2) is 11.4. The molecule has 35 heavy (non-hydrogen) atoms. The number of piperidine rings is 1. The molecule has 0 spiro atoms. The van der Waals surface area contributed by atoms with Gasteiger partial charge in [0.2, 0.25) is 5.78 Å². The van der Waals surface area contributed by atoms with E-state index in [1.165, 1.54) is 7.11 Å². The van der Waals surface area contributed by atoms with Gasteiger partial charge in [-0.1, -0.05) is 0 Å². The number of ether oxygens (including phenoxy) is 3. The summed E-state index contributed by atoms with van der Waals surface area (Å²) in [6.07, 6.45) is 0.577. The Morgan fingerprint density at radius 3 is 2.17 bits per heavy atom. The van der Waals surface area contributed by atoms with Crippen LogP contribution in [0.3, 0.4) is 0 Å². The molecular weight excluding hydrogens is 450 g/mol. The van der Waals surface area contributed by atoms with E-state index in [2.05, 4.69) is 4.85 Å². The van der Waals surface area contributed by atoms with Crippen molar-refractivity contribution in [1.29, 1.82) is 0 Å². The standard InChI is InChI=1S/C26H37N3O6/c1-25(2,3)34-23(31)28-13-11-18(12-14-28)17-29(24(32)35-26(4,5)6)19-9-10-20(21(30)16-27-7)22(15-19)33-8/h9-10,15,18H,11-14,16-17H2,1-6,8H3. The van der Waals surface area contributed by atoms with Crippen LogP contribution in [0.5, 0.6) is 5.75 Å². The van der Waals surface area contributed by atoms with Gasteiger partial charge in [0, 0.05) is 25.7 Å². The predicted molar refractivity (Wildman–Crippen MR) is 133 cm³/mol. The number of carbonyl (C=O) groups excluding carboxylic acids is 3. The molecule has 0 saturated carbocycles. The Labute approximate surface area is 208 Å². The van der Waals surface area contributed by atoms with Crippen molar-refractivity contribution in [3.63, 3.8) is 0 Å². The Hall–Kier alpha value is -3.28. The van der Waals surface area contributed by atoms with Gasteiger partial charge >= 0.3 is 12.2 Å². The largest absolute Gasteiger partial charge is 0.496 e. The van der Waals surface area contributed by atoms with Crippen molar-refractivity contribution in [2.75, 3.05) is 38.2 Å². The molecule has 9 nitrogen and oxygen atoms in total. The summed E-state index contributed by atoms with van der Waals surface area (Å²) in [5.74, 6) is 0.0850. The molecule has 9 heteroatoms. The number of hydrogen-bond acceptors (Lipinski definition) is 6. The topological polar surface area (TPSA) is 89.7 Å². The number of Topliss-reactive ketones (excluding diaryl/α,β-unsaturated/α-hetero) is 1. The second-order valence-corrected chi connectivity index (χ2v) is 10.6. The first kappa shape index (κ1) is 28.0. The number of hydrogen-bond donors (Lipinski definition) is 0. The fourth-order valence-corrected chi connectivity index (χ4v) is 3.72. The van der Waals surface area contributed by atoms with Gasteiger partial charge in [0.15, 0.2) is 0 Å². The molecule has 0 unspecified atom stereocenters. The van der Waals surface area contributed by atoms with Crippen molar-refractivity contribution in [1.82, 2.24) is 4.90 Å². The molecule has 2 amide bonds. The molecule has 0 N–H and O–H groups in total. The molecule has 0 radical (unpaired) electrons. The lowest BCUT2D eigenvalue weighted by atomic mass is 9.96. The van der Waals surface area contributed by atoms with Gasteiger partial charge in [0.05, 0.1) is 18.4 Å². The first-order chi connectivity index (χ1) is 16.2. The molecule has 0 aromatic heterocycles. The van der Waals surface area contributed by atoms with Crippen molar-refractivity contribution in [2.24, 2.45) is 5.92 Å². The maximum Gasteiger partial charge on any atom is 0.414 e. The van der Waals surface area contributed by atoms with E-state index in [1.54, 1.807) is 48.8 Å². The van der Waals surface area contributed by atoms with Crippen LogP contribution in [-0.4, -0.2) is 67.4 Å². The molecule has 192 valence electrons. The zero-order valence-corrected chi connectivity index (χ0v) is 21.8. The fraction of sp³-hybridized carbons (Fsp3) is 0.615. The predicted octanol–water partition coefficient (Wildman–Crippen LogP) is 5.19. The Bertz CT molecular complexity index is 963. The number of carbonyl (C=O) groups is 3. The van der Waals surface area contributed by atoms with E-state index in [-0.39, 0.29) is 24.3 Å².